The molecule has 1 aromatic rings. The van der Waals surface area contributed by atoms with E-state index >= 15 is 0 Å². The molecule has 1 saturated carbocycles. The van der Waals surface area contributed by atoms with Crippen molar-refractivity contribution in [1.82, 2.24) is 5.32 Å². The summed E-state index contributed by atoms with van der Waals surface area (Å²) < 4.78 is 0. The molecular formula is C16H19NO3. The number of carbonyl (C=O) groups is 2. The van der Waals surface area contributed by atoms with Crippen LogP contribution in [0, 0.1) is 12.8 Å². The number of nitrogens with one attached hydrogen (secondary N) is 1. The molecule has 0 spiro atoms. The van der Waals surface area contributed by atoms with Crippen LogP contribution in [0.3, 0.4) is 0 Å². The monoisotopic (exact) mass is 273 g/mol. The summed E-state index contributed by atoms with van der Waals surface area (Å²) in [6.45, 7) is 4.00. The van der Waals surface area contributed by atoms with E-state index in [9.17, 15) is 9.59 Å². The van der Waals surface area contributed by atoms with E-state index in [0.717, 1.165) is 24.5 Å². The molecule has 2 unspecified atom stereocenters. The molecule has 1 amide bonds. The Kier molecular flexibility index (Phi) is 4.23. The third kappa shape index (κ3) is 3.47. The molecule has 1 aliphatic rings. The molecule has 2 N–H and O–H groups in total. The van der Waals surface area contributed by atoms with Gasteiger partial charge in [-0.3, -0.25) is 4.79 Å². The Balaban J connectivity index is 2.11. The van der Waals surface area contributed by atoms with Crippen molar-refractivity contribution < 1.29 is 14.7 Å². The average Bonchev–Trinajstić information content (AvgIpc) is 3.15. The van der Waals surface area contributed by atoms with Crippen LogP contribution < -0.4 is 5.32 Å². The summed E-state index contributed by atoms with van der Waals surface area (Å²) in [5, 5.41) is 11.7. The van der Waals surface area contributed by atoms with Gasteiger partial charge in [0.25, 0.3) is 5.91 Å². The van der Waals surface area contributed by atoms with Crippen LogP contribution in [-0.4, -0.2) is 23.0 Å². The van der Waals surface area contributed by atoms with Gasteiger partial charge >= 0.3 is 5.97 Å². The van der Waals surface area contributed by atoms with E-state index in [1.807, 2.05) is 13.0 Å². The first-order chi connectivity index (χ1) is 9.51. The van der Waals surface area contributed by atoms with Crippen LogP contribution in [0.15, 0.2) is 24.3 Å². The molecule has 0 aromatic heterocycles. The van der Waals surface area contributed by atoms with E-state index in [-0.39, 0.29) is 5.91 Å². The predicted octanol–water partition coefficient (Wildman–Crippen LogP) is 2.62. The fourth-order valence-corrected chi connectivity index (χ4v) is 2.28. The van der Waals surface area contributed by atoms with Gasteiger partial charge in [0.05, 0.1) is 0 Å². The maximum Gasteiger partial charge on any atom is 0.328 e. The van der Waals surface area contributed by atoms with Crippen molar-refractivity contribution in [2.24, 2.45) is 5.92 Å². The number of carboxylic acid groups (broad SMARTS) is 1. The molecule has 0 radical (unpaired) electrons. The Morgan fingerprint density at radius 3 is 2.80 bits per heavy atom. The van der Waals surface area contributed by atoms with E-state index < -0.39 is 5.97 Å². The molecule has 0 aliphatic heterocycles. The zero-order chi connectivity index (χ0) is 14.7. The van der Waals surface area contributed by atoms with Gasteiger partial charge in [0.2, 0.25) is 0 Å². The van der Waals surface area contributed by atoms with E-state index in [1.165, 1.54) is 6.08 Å². The second kappa shape index (κ2) is 5.90. The lowest BCUT2D eigenvalue weighted by atomic mass is 10.0. The molecule has 1 fully saturated rings. The Morgan fingerprint density at radius 2 is 2.20 bits per heavy atom. The van der Waals surface area contributed by atoms with Crippen LogP contribution in [0.5, 0.6) is 0 Å². The minimum atomic E-state index is -1.000. The highest BCUT2D eigenvalue weighted by Crippen LogP contribution is 2.33. The average molecular weight is 273 g/mol. The van der Waals surface area contributed by atoms with Crippen LogP contribution in [0.2, 0.25) is 0 Å². The molecule has 20 heavy (non-hydrogen) atoms. The van der Waals surface area contributed by atoms with Crippen molar-refractivity contribution in [2.75, 3.05) is 0 Å². The quantitative estimate of drug-likeness (QED) is 0.810. The Morgan fingerprint density at radius 1 is 1.45 bits per heavy atom. The number of rotatable bonds is 5. The molecular weight excluding hydrogens is 254 g/mol. The van der Waals surface area contributed by atoms with Crippen molar-refractivity contribution in [2.45, 2.75) is 32.7 Å². The zero-order valence-electron chi connectivity index (χ0n) is 11.7. The standard InChI is InChI=1S/C16H19NO3/c1-3-12-9-14(12)17-16(20)13-8-11(5-4-10(13)2)6-7-15(18)19/h4-8,12,14H,3,9H2,1-2H3,(H,17,20)(H,18,19)/b7-6+. The van der Waals surface area contributed by atoms with Gasteiger partial charge < -0.3 is 10.4 Å². The Labute approximate surface area is 118 Å². The lowest BCUT2D eigenvalue weighted by Gasteiger charge is -2.08. The number of carbonyl (C=O) groups excluding carboxylic acids is 1. The lowest BCUT2D eigenvalue weighted by molar-refractivity contribution is -0.131. The Hall–Kier alpha value is -2.10. The maximum atomic E-state index is 12.2. The molecule has 1 aromatic carbocycles. The highest BCUT2D eigenvalue weighted by Gasteiger charge is 2.36. The number of aryl methyl sites for hydroxylation is 1. The van der Waals surface area contributed by atoms with Crippen LogP contribution >= 0.6 is 0 Å². The normalized spacial score (nSPS) is 20.9. The Bertz CT molecular complexity index is 563. The third-order valence-electron chi connectivity index (χ3n) is 3.69. The van der Waals surface area contributed by atoms with Crippen molar-refractivity contribution in [3.63, 3.8) is 0 Å². The van der Waals surface area contributed by atoms with E-state index in [2.05, 4.69) is 12.2 Å². The van der Waals surface area contributed by atoms with Gasteiger partial charge in [0.1, 0.15) is 0 Å². The summed E-state index contributed by atoms with van der Waals surface area (Å²) in [5.41, 5.74) is 2.22. The van der Waals surface area contributed by atoms with Gasteiger partial charge in [-0.15, -0.1) is 0 Å². The van der Waals surface area contributed by atoms with Gasteiger partial charge in [-0.05, 0) is 42.5 Å². The fourth-order valence-electron chi connectivity index (χ4n) is 2.28. The second-order valence-electron chi connectivity index (χ2n) is 5.23. The minimum absolute atomic E-state index is 0.0750. The molecule has 106 valence electrons. The van der Waals surface area contributed by atoms with Gasteiger partial charge in [0, 0.05) is 17.7 Å². The van der Waals surface area contributed by atoms with Crippen molar-refractivity contribution in [1.29, 1.82) is 0 Å². The SMILES string of the molecule is CCC1CC1NC(=O)c1cc(/C=C/C(=O)O)ccc1C. The second-order valence-corrected chi connectivity index (χ2v) is 5.23. The van der Waals surface area contributed by atoms with Crippen molar-refractivity contribution >= 4 is 18.0 Å². The largest absolute Gasteiger partial charge is 0.478 e. The van der Waals surface area contributed by atoms with Crippen molar-refractivity contribution in [3.8, 4) is 0 Å². The molecule has 2 rings (SSSR count). The maximum absolute atomic E-state index is 12.2. The molecule has 1 aliphatic carbocycles. The molecule has 0 saturated heterocycles. The lowest BCUT2D eigenvalue weighted by Crippen LogP contribution is -2.27. The number of aliphatic carboxylic acids is 1. The first-order valence-corrected chi connectivity index (χ1v) is 6.83. The molecule has 0 heterocycles. The predicted molar refractivity (Wildman–Crippen MR) is 77.5 cm³/mol. The van der Waals surface area contributed by atoms with Gasteiger partial charge in [-0.2, -0.15) is 0 Å². The van der Waals surface area contributed by atoms with Crippen LogP contribution in [0.4, 0.5) is 0 Å². The fraction of sp³-hybridized carbons (Fsp3) is 0.375. The molecule has 2 atom stereocenters. The minimum Gasteiger partial charge on any atom is -0.478 e. The number of hydrogen-bond acceptors (Lipinski definition) is 2. The summed E-state index contributed by atoms with van der Waals surface area (Å²) in [5.74, 6) is -0.469. The molecule has 0 bridgehead atoms. The van der Waals surface area contributed by atoms with Crippen molar-refractivity contribution in [3.05, 3.63) is 41.0 Å². The van der Waals surface area contributed by atoms with Gasteiger partial charge in [-0.1, -0.05) is 25.5 Å². The van der Waals surface area contributed by atoms with E-state index in [0.29, 0.717) is 23.1 Å². The summed E-state index contributed by atoms with van der Waals surface area (Å²) >= 11 is 0. The summed E-state index contributed by atoms with van der Waals surface area (Å²) in [7, 11) is 0. The zero-order valence-corrected chi connectivity index (χ0v) is 11.7. The molecule has 4 heteroatoms. The summed E-state index contributed by atoms with van der Waals surface area (Å²) in [6.07, 6.45) is 4.70. The van der Waals surface area contributed by atoms with Crippen LogP contribution in [0.25, 0.3) is 6.08 Å². The van der Waals surface area contributed by atoms with E-state index in [4.69, 9.17) is 5.11 Å². The topological polar surface area (TPSA) is 66.4 Å². The molecule has 4 nitrogen and oxygen atoms in total. The summed E-state index contributed by atoms with van der Waals surface area (Å²) in [6, 6.07) is 5.66. The van der Waals surface area contributed by atoms with Crippen LogP contribution in [0.1, 0.15) is 41.3 Å². The van der Waals surface area contributed by atoms with Crippen LogP contribution in [-0.2, 0) is 4.79 Å². The van der Waals surface area contributed by atoms with Gasteiger partial charge in [0.15, 0.2) is 0 Å². The van der Waals surface area contributed by atoms with E-state index in [1.54, 1.807) is 12.1 Å². The first-order valence-electron chi connectivity index (χ1n) is 6.83. The summed E-state index contributed by atoms with van der Waals surface area (Å²) in [4.78, 5) is 22.7. The van der Waals surface area contributed by atoms with Gasteiger partial charge in [-0.25, -0.2) is 4.79 Å². The number of amides is 1. The number of carboxylic acids is 1. The third-order valence-corrected chi connectivity index (χ3v) is 3.69. The highest BCUT2D eigenvalue weighted by molar-refractivity contribution is 5.97. The first kappa shape index (κ1) is 14.3. The smallest absolute Gasteiger partial charge is 0.328 e. The number of hydrogen-bond donors (Lipinski definition) is 2. The number of benzene rings is 1. The highest BCUT2D eigenvalue weighted by atomic mass is 16.4.